The van der Waals surface area contributed by atoms with Crippen LogP contribution in [0.4, 0.5) is 13.2 Å². The van der Waals surface area contributed by atoms with Crippen LogP contribution in [-0.4, -0.2) is 89.1 Å². The Morgan fingerprint density at radius 1 is 1.19 bits per heavy atom. The number of likely N-dealkylation sites (tertiary alicyclic amines) is 1. The number of carbonyl (C=O) groups excluding carboxylic acids is 1. The Hall–Kier alpha value is -2.31. The van der Waals surface area contributed by atoms with Crippen LogP contribution in [0, 0.1) is 5.92 Å². The second-order valence-electron chi connectivity index (χ2n) is 8.09. The average molecular weight is 460 g/mol. The summed E-state index contributed by atoms with van der Waals surface area (Å²) in [6.45, 7) is 5.31. The summed E-state index contributed by atoms with van der Waals surface area (Å²) < 4.78 is 43.3. The number of nitrogens with zero attached hydrogens (tertiary/aromatic N) is 3. The maximum Gasteiger partial charge on any atom is 0.490 e. The van der Waals surface area contributed by atoms with Crippen LogP contribution in [0.2, 0.25) is 0 Å². The van der Waals surface area contributed by atoms with Gasteiger partial charge >= 0.3 is 12.1 Å². The van der Waals surface area contributed by atoms with Crippen LogP contribution in [0.25, 0.3) is 0 Å². The molecule has 1 aromatic heterocycles. The lowest BCUT2D eigenvalue weighted by molar-refractivity contribution is -0.192. The number of carboxylic acid groups (broad SMARTS) is 1. The highest BCUT2D eigenvalue weighted by atomic mass is 19.4. The summed E-state index contributed by atoms with van der Waals surface area (Å²) in [5.41, 5.74) is 0.379. The first-order chi connectivity index (χ1) is 15.2. The topological polar surface area (TPSA) is 114 Å². The van der Waals surface area contributed by atoms with Gasteiger partial charge in [0.25, 0.3) is 5.91 Å². The van der Waals surface area contributed by atoms with Crippen molar-refractivity contribution >= 4 is 11.9 Å². The van der Waals surface area contributed by atoms with Crippen molar-refractivity contribution in [3.8, 4) is 0 Å². The van der Waals surface area contributed by atoms with Gasteiger partial charge in [0.1, 0.15) is 5.69 Å². The minimum atomic E-state index is -5.08. The molecule has 0 bridgehead atoms. The quantitative estimate of drug-likeness (QED) is 0.680. The molecule has 32 heavy (non-hydrogen) atoms. The predicted molar refractivity (Wildman–Crippen MR) is 105 cm³/mol. The van der Waals surface area contributed by atoms with Gasteiger partial charge in [-0.3, -0.25) is 14.7 Å². The van der Waals surface area contributed by atoms with Gasteiger partial charge in [-0.1, -0.05) is 0 Å². The Morgan fingerprint density at radius 2 is 1.88 bits per heavy atom. The number of hydrogen-bond acceptors (Lipinski definition) is 7. The molecule has 0 saturated carbocycles. The maximum atomic E-state index is 12.1. The summed E-state index contributed by atoms with van der Waals surface area (Å²) in [7, 11) is 0. The van der Waals surface area contributed by atoms with Crippen molar-refractivity contribution < 1.29 is 37.3 Å². The summed E-state index contributed by atoms with van der Waals surface area (Å²) in [5, 5.41) is 10.1. The number of halogens is 3. The van der Waals surface area contributed by atoms with E-state index in [1.54, 1.807) is 6.20 Å². The van der Waals surface area contributed by atoms with Crippen LogP contribution in [0.3, 0.4) is 0 Å². The molecule has 4 heterocycles. The molecule has 3 aliphatic heterocycles. The summed E-state index contributed by atoms with van der Waals surface area (Å²) in [6, 6.07) is 0.653. The van der Waals surface area contributed by atoms with Crippen LogP contribution < -0.4 is 5.32 Å². The fourth-order valence-corrected chi connectivity index (χ4v) is 4.36. The Balaban J connectivity index is 0.000000360. The molecule has 1 unspecified atom stereocenters. The summed E-state index contributed by atoms with van der Waals surface area (Å²) in [4.78, 5) is 31.5. The van der Waals surface area contributed by atoms with Gasteiger partial charge in [0.05, 0.1) is 11.8 Å². The largest absolute Gasteiger partial charge is 0.490 e. The highest BCUT2D eigenvalue weighted by molar-refractivity contribution is 5.91. The molecule has 1 atom stereocenters. The molecule has 3 saturated heterocycles. The number of hydrogen-bond donors (Lipinski definition) is 2. The lowest BCUT2D eigenvalue weighted by atomic mass is 9.77. The van der Waals surface area contributed by atoms with Crippen LogP contribution in [0.5, 0.6) is 0 Å². The van der Waals surface area contributed by atoms with Crippen molar-refractivity contribution in [2.75, 3.05) is 39.5 Å². The fraction of sp³-hybridized carbons (Fsp3) is 0.700. The number of carbonyl (C=O) groups is 2. The third kappa shape index (κ3) is 6.14. The van der Waals surface area contributed by atoms with E-state index in [0.29, 0.717) is 24.2 Å². The van der Waals surface area contributed by atoms with Gasteiger partial charge < -0.3 is 19.9 Å². The van der Waals surface area contributed by atoms with Gasteiger partial charge in [0.15, 0.2) is 0 Å². The summed E-state index contributed by atoms with van der Waals surface area (Å²) in [6.07, 6.45) is 3.82. The highest BCUT2D eigenvalue weighted by Crippen LogP contribution is 2.43. The molecule has 12 heteroatoms. The van der Waals surface area contributed by atoms with Crippen molar-refractivity contribution in [1.29, 1.82) is 0 Å². The van der Waals surface area contributed by atoms with E-state index in [2.05, 4.69) is 20.2 Å². The number of rotatable bonds is 5. The van der Waals surface area contributed by atoms with Crippen LogP contribution in [-0.2, 0) is 14.3 Å². The van der Waals surface area contributed by atoms with Gasteiger partial charge in [-0.25, -0.2) is 9.78 Å². The van der Waals surface area contributed by atoms with Gasteiger partial charge in [-0.05, 0) is 31.6 Å². The smallest absolute Gasteiger partial charge is 0.475 e. The van der Waals surface area contributed by atoms with Crippen molar-refractivity contribution in [3.63, 3.8) is 0 Å². The van der Waals surface area contributed by atoms with Crippen molar-refractivity contribution in [3.05, 3.63) is 24.3 Å². The van der Waals surface area contributed by atoms with Gasteiger partial charge in [0, 0.05) is 57.9 Å². The Labute approximate surface area is 183 Å². The molecule has 4 rings (SSSR count). The first-order valence-corrected chi connectivity index (χ1v) is 10.5. The normalized spacial score (nSPS) is 23.2. The molecular weight excluding hydrogens is 433 g/mol. The number of alkyl halides is 3. The van der Waals surface area contributed by atoms with Gasteiger partial charge in [-0.2, -0.15) is 13.2 Å². The molecule has 0 aliphatic carbocycles. The summed E-state index contributed by atoms with van der Waals surface area (Å²) >= 11 is 0. The summed E-state index contributed by atoms with van der Waals surface area (Å²) in [5.74, 6) is -2.39. The molecule has 2 N–H and O–H groups in total. The Kier molecular flexibility index (Phi) is 8.01. The molecule has 0 aromatic carbocycles. The van der Waals surface area contributed by atoms with E-state index in [0.717, 1.165) is 58.6 Å². The zero-order valence-corrected chi connectivity index (χ0v) is 17.5. The second kappa shape index (κ2) is 10.5. The zero-order chi connectivity index (χ0) is 23.2. The molecule has 1 amide bonds. The number of amides is 1. The molecule has 1 aromatic rings. The molecule has 9 nitrogen and oxygen atoms in total. The van der Waals surface area contributed by atoms with Crippen molar-refractivity contribution in [1.82, 2.24) is 20.2 Å². The highest BCUT2D eigenvalue weighted by Gasteiger charge is 2.54. The Bertz CT molecular complexity index is 768. The third-order valence-corrected chi connectivity index (χ3v) is 6.07. The lowest BCUT2D eigenvalue weighted by Gasteiger charge is -2.54. The van der Waals surface area contributed by atoms with E-state index >= 15 is 0 Å². The first kappa shape index (κ1) is 24.3. The van der Waals surface area contributed by atoms with Crippen LogP contribution in [0.15, 0.2) is 18.6 Å². The molecular formula is C20H27F3N4O5. The molecule has 3 fully saturated rings. The van der Waals surface area contributed by atoms with E-state index in [1.165, 1.54) is 12.4 Å². The van der Waals surface area contributed by atoms with Gasteiger partial charge in [-0.15, -0.1) is 0 Å². The monoisotopic (exact) mass is 460 g/mol. The van der Waals surface area contributed by atoms with E-state index < -0.39 is 12.1 Å². The maximum absolute atomic E-state index is 12.1. The van der Waals surface area contributed by atoms with E-state index in [4.69, 9.17) is 19.4 Å². The number of aliphatic carboxylic acids is 1. The van der Waals surface area contributed by atoms with Crippen molar-refractivity contribution in [2.24, 2.45) is 5.92 Å². The SMILES string of the molecule is O=C(NCCC1CCOC12CN(C1CCOCC1)C2)c1cnccn1.O=C(O)C(F)(F)F. The van der Waals surface area contributed by atoms with E-state index in [1.807, 2.05) is 0 Å². The Morgan fingerprint density at radius 3 is 2.47 bits per heavy atom. The van der Waals surface area contributed by atoms with Crippen LogP contribution >= 0.6 is 0 Å². The lowest BCUT2D eigenvalue weighted by Crippen LogP contribution is -2.67. The first-order valence-electron chi connectivity index (χ1n) is 10.5. The fourth-order valence-electron chi connectivity index (χ4n) is 4.36. The average Bonchev–Trinajstić information content (AvgIpc) is 3.17. The molecule has 1 spiro atoms. The van der Waals surface area contributed by atoms with Gasteiger partial charge in [0.2, 0.25) is 0 Å². The third-order valence-electron chi connectivity index (χ3n) is 6.07. The van der Waals surface area contributed by atoms with Crippen LogP contribution in [0.1, 0.15) is 36.2 Å². The molecule has 0 radical (unpaired) electrons. The standard InChI is InChI=1S/C18H26N4O3.C2HF3O2/c23-17(16-11-19-6-7-20-16)21-5-1-14-2-10-25-18(14)12-22(13-18)15-3-8-24-9-4-15;3-2(4,5)1(6)7/h6-7,11,14-15H,1-5,8-10,12-13H2,(H,21,23);(H,6,7). The minimum absolute atomic E-state index is 0.00951. The molecule has 3 aliphatic rings. The molecule has 178 valence electrons. The predicted octanol–water partition coefficient (Wildman–Crippen LogP) is 1.50. The van der Waals surface area contributed by atoms with Crippen molar-refractivity contribution in [2.45, 2.75) is 43.5 Å². The minimum Gasteiger partial charge on any atom is -0.475 e. The number of aromatic nitrogens is 2. The number of ether oxygens (including phenoxy) is 2. The zero-order valence-electron chi connectivity index (χ0n) is 17.5. The number of nitrogens with one attached hydrogen (secondary N) is 1. The van der Waals surface area contributed by atoms with E-state index in [9.17, 15) is 18.0 Å². The second-order valence-corrected chi connectivity index (χ2v) is 8.09. The van der Waals surface area contributed by atoms with E-state index in [-0.39, 0.29) is 11.5 Å². The number of carboxylic acids is 1.